The summed E-state index contributed by atoms with van der Waals surface area (Å²) in [5.41, 5.74) is 0. The maximum Gasteiger partial charge on any atom is 0.157 e. The highest BCUT2D eigenvalue weighted by Crippen LogP contribution is 1.76. The molecule has 0 aliphatic carbocycles. The van der Waals surface area contributed by atoms with E-state index in [-0.39, 0.29) is 5.78 Å². The van der Waals surface area contributed by atoms with Crippen LogP contribution in [0.25, 0.3) is 0 Å². The minimum Gasteiger partial charge on any atom is -0.386 e. The van der Waals surface area contributed by atoms with Crippen molar-refractivity contribution in [2.24, 2.45) is 0 Å². The van der Waals surface area contributed by atoms with Gasteiger partial charge in [0.1, 0.15) is 6.10 Å². The molecule has 0 unspecified atom stereocenters. The SMILES string of the molecule is CC(=O)[C@@H](C)O. The van der Waals surface area contributed by atoms with Crippen LogP contribution in [0.4, 0.5) is 0 Å². The summed E-state index contributed by atoms with van der Waals surface area (Å²) < 4.78 is 0. The Kier molecular flexibility index (Phi) is 1.81. The van der Waals surface area contributed by atoms with Crippen molar-refractivity contribution in [3.63, 3.8) is 0 Å². The molecule has 0 aromatic rings. The Morgan fingerprint density at radius 2 is 2.00 bits per heavy atom. The summed E-state index contributed by atoms with van der Waals surface area (Å²) in [6.07, 6.45) is -0.787. The zero-order chi connectivity index (χ0) is 5.15. The van der Waals surface area contributed by atoms with Crippen molar-refractivity contribution in [2.75, 3.05) is 0 Å². The minimum absolute atomic E-state index is 0.185. The van der Waals surface area contributed by atoms with Crippen LogP contribution in [-0.2, 0) is 4.79 Å². The molecule has 0 spiro atoms. The lowest BCUT2D eigenvalue weighted by atomic mass is 10.3. The average Bonchev–Trinajstić information content (AvgIpc) is 1.36. The normalized spacial score (nSPS) is 13.8. The van der Waals surface area contributed by atoms with Crippen LogP contribution in [0.15, 0.2) is 0 Å². The minimum atomic E-state index is -0.787. The molecule has 2 nitrogen and oxygen atoms in total. The zero-order valence-electron chi connectivity index (χ0n) is 3.93. The largest absolute Gasteiger partial charge is 0.386 e. The Morgan fingerprint density at radius 3 is 2.00 bits per heavy atom. The van der Waals surface area contributed by atoms with E-state index in [0.29, 0.717) is 0 Å². The molecule has 0 rings (SSSR count). The van der Waals surface area contributed by atoms with Crippen molar-refractivity contribution in [2.45, 2.75) is 20.0 Å². The number of aliphatic hydroxyl groups excluding tert-OH is 1. The summed E-state index contributed by atoms with van der Waals surface area (Å²) >= 11 is 0. The second-order valence-electron chi connectivity index (χ2n) is 1.29. The Hall–Kier alpha value is -0.370. The molecule has 0 saturated heterocycles. The van der Waals surface area contributed by atoms with Gasteiger partial charge in [0.25, 0.3) is 0 Å². The van der Waals surface area contributed by atoms with Crippen LogP contribution < -0.4 is 0 Å². The molecule has 36 valence electrons. The van der Waals surface area contributed by atoms with Crippen LogP contribution in [0.1, 0.15) is 13.8 Å². The summed E-state index contributed by atoms with van der Waals surface area (Å²) in [6, 6.07) is 0. The van der Waals surface area contributed by atoms with E-state index in [1.54, 1.807) is 0 Å². The van der Waals surface area contributed by atoms with Gasteiger partial charge < -0.3 is 5.11 Å². The lowest BCUT2D eigenvalue weighted by Crippen LogP contribution is -2.10. The molecule has 1 atom stereocenters. The van der Waals surface area contributed by atoms with Gasteiger partial charge in [0.15, 0.2) is 5.78 Å². The number of hydrogen-bond acceptors (Lipinski definition) is 2. The van der Waals surface area contributed by atoms with Gasteiger partial charge >= 0.3 is 0 Å². The van der Waals surface area contributed by atoms with E-state index in [1.807, 2.05) is 0 Å². The summed E-state index contributed by atoms with van der Waals surface area (Å²) in [5.74, 6) is -0.185. The Labute approximate surface area is 36.8 Å². The number of hydrogen-bond donors (Lipinski definition) is 1. The maximum atomic E-state index is 9.89. The zero-order valence-corrected chi connectivity index (χ0v) is 3.93. The van der Waals surface area contributed by atoms with Crippen LogP contribution >= 0.6 is 0 Å². The predicted octanol–water partition coefficient (Wildman–Crippen LogP) is -0.0438. The highest BCUT2D eigenvalue weighted by atomic mass is 16.3. The molecule has 0 heterocycles. The quantitative estimate of drug-likeness (QED) is 0.488. The van der Waals surface area contributed by atoms with Crippen molar-refractivity contribution in [1.29, 1.82) is 0 Å². The summed E-state index contributed by atoms with van der Waals surface area (Å²) in [4.78, 5) is 9.89. The third kappa shape index (κ3) is 1.91. The smallest absolute Gasteiger partial charge is 0.157 e. The van der Waals surface area contributed by atoms with Gasteiger partial charge in [-0.1, -0.05) is 0 Å². The van der Waals surface area contributed by atoms with E-state index in [0.717, 1.165) is 0 Å². The lowest BCUT2D eigenvalue weighted by molar-refractivity contribution is -0.124. The molecule has 6 heavy (non-hydrogen) atoms. The third-order valence-corrected chi connectivity index (χ3v) is 0.588. The fraction of sp³-hybridized carbons (Fsp3) is 0.750. The highest BCUT2D eigenvalue weighted by Gasteiger charge is 1.97. The highest BCUT2D eigenvalue weighted by molar-refractivity contribution is 5.79. The Morgan fingerprint density at radius 1 is 1.83 bits per heavy atom. The van der Waals surface area contributed by atoms with Crippen molar-refractivity contribution in [3.05, 3.63) is 0 Å². The summed E-state index contributed by atoms with van der Waals surface area (Å²) in [5, 5.41) is 8.28. The Bertz CT molecular complexity index is 56.6. The van der Waals surface area contributed by atoms with Crippen molar-refractivity contribution < 1.29 is 9.90 Å². The van der Waals surface area contributed by atoms with Gasteiger partial charge in [-0.15, -0.1) is 0 Å². The van der Waals surface area contributed by atoms with E-state index in [9.17, 15) is 4.79 Å². The first-order valence-corrected chi connectivity index (χ1v) is 1.83. The second kappa shape index (κ2) is 1.92. The van der Waals surface area contributed by atoms with E-state index in [1.165, 1.54) is 13.8 Å². The first-order valence-electron chi connectivity index (χ1n) is 1.83. The van der Waals surface area contributed by atoms with E-state index >= 15 is 0 Å². The molecule has 2 heteroatoms. The van der Waals surface area contributed by atoms with Crippen LogP contribution in [-0.4, -0.2) is 17.0 Å². The molecule has 0 fully saturated rings. The number of carbonyl (C=O) groups is 1. The molecule has 0 aliphatic rings. The van der Waals surface area contributed by atoms with Crippen LogP contribution in [0.2, 0.25) is 0 Å². The molecule has 1 N–H and O–H groups in total. The molecule has 0 radical (unpaired) electrons. The van der Waals surface area contributed by atoms with Crippen LogP contribution in [0.5, 0.6) is 0 Å². The fourth-order valence-corrected chi connectivity index (χ4v) is 0. The van der Waals surface area contributed by atoms with Gasteiger partial charge in [-0.25, -0.2) is 0 Å². The first kappa shape index (κ1) is 5.63. The summed E-state index contributed by atoms with van der Waals surface area (Å²) in [7, 11) is 0. The predicted molar refractivity (Wildman–Crippen MR) is 22.4 cm³/mol. The van der Waals surface area contributed by atoms with E-state index in [2.05, 4.69) is 0 Å². The van der Waals surface area contributed by atoms with Gasteiger partial charge in [0.2, 0.25) is 0 Å². The fourth-order valence-electron chi connectivity index (χ4n) is 0. The maximum absolute atomic E-state index is 9.89. The van der Waals surface area contributed by atoms with Crippen molar-refractivity contribution in [1.82, 2.24) is 0 Å². The topological polar surface area (TPSA) is 37.3 Å². The molecular weight excluding hydrogens is 80.0 g/mol. The van der Waals surface area contributed by atoms with Crippen molar-refractivity contribution in [3.8, 4) is 0 Å². The lowest BCUT2D eigenvalue weighted by Gasteiger charge is -1.90. The van der Waals surface area contributed by atoms with Gasteiger partial charge in [-0.05, 0) is 13.8 Å². The number of carbonyl (C=O) groups excluding carboxylic acids is 1. The molecule has 0 saturated carbocycles. The molecule has 0 bridgehead atoms. The third-order valence-electron chi connectivity index (χ3n) is 0.588. The monoisotopic (exact) mass is 88.1 g/mol. The Balaban J connectivity index is 3.26. The molecule has 0 aromatic carbocycles. The van der Waals surface area contributed by atoms with Gasteiger partial charge in [-0.3, -0.25) is 4.79 Å². The van der Waals surface area contributed by atoms with Gasteiger partial charge in [-0.2, -0.15) is 0 Å². The average molecular weight is 88.1 g/mol. The number of aliphatic hydroxyl groups is 1. The second-order valence-corrected chi connectivity index (χ2v) is 1.29. The number of rotatable bonds is 1. The van der Waals surface area contributed by atoms with Crippen LogP contribution in [0.3, 0.4) is 0 Å². The number of Topliss-reactive ketones (excluding diaryl/α,β-unsaturated/α-hetero) is 1. The number of ketones is 1. The van der Waals surface area contributed by atoms with E-state index in [4.69, 9.17) is 5.11 Å². The molecular formula is C4H8O2. The van der Waals surface area contributed by atoms with Gasteiger partial charge in [0, 0.05) is 0 Å². The van der Waals surface area contributed by atoms with Crippen molar-refractivity contribution >= 4 is 5.78 Å². The van der Waals surface area contributed by atoms with Gasteiger partial charge in [0.05, 0.1) is 0 Å². The molecule has 0 aromatic heterocycles. The summed E-state index contributed by atoms with van der Waals surface area (Å²) in [6.45, 7) is 2.80. The standard InChI is InChI=1S/C4H8O2/c1-3(5)4(2)6/h3,5H,1-2H3/t3-/m1/s1. The van der Waals surface area contributed by atoms with Crippen LogP contribution in [0, 0.1) is 0 Å². The first-order chi connectivity index (χ1) is 2.64. The van der Waals surface area contributed by atoms with E-state index < -0.39 is 6.10 Å². The molecule has 0 aliphatic heterocycles. The molecule has 0 amide bonds.